The highest BCUT2D eigenvalue weighted by molar-refractivity contribution is 5.77. The third-order valence-corrected chi connectivity index (χ3v) is 6.04. The molecule has 0 aliphatic carbocycles. The minimum atomic E-state index is -0.408. The summed E-state index contributed by atoms with van der Waals surface area (Å²) in [5.74, 6) is 1.71. The number of aryl methyl sites for hydroxylation is 4. The van der Waals surface area contributed by atoms with Gasteiger partial charge in [0.25, 0.3) is 0 Å². The first kappa shape index (κ1) is 24.3. The van der Waals surface area contributed by atoms with Crippen LogP contribution in [0.4, 0.5) is 0 Å². The summed E-state index contributed by atoms with van der Waals surface area (Å²) in [7, 11) is 1.34. The molecule has 3 aromatic carbocycles. The second-order valence-corrected chi connectivity index (χ2v) is 8.40. The zero-order valence-electron chi connectivity index (χ0n) is 20.5. The van der Waals surface area contributed by atoms with Crippen molar-refractivity contribution >= 4 is 5.97 Å². The SMILES string of the molecule is CCc1ccc(-c2nc(CCc3cccc(OCC(=O)OC)c3)oc2-c2ccc(CC)cc2)cc1. The van der Waals surface area contributed by atoms with Gasteiger partial charge in [-0.3, -0.25) is 0 Å². The van der Waals surface area contributed by atoms with Crippen LogP contribution in [-0.4, -0.2) is 24.7 Å². The first-order valence-corrected chi connectivity index (χ1v) is 12.1. The topological polar surface area (TPSA) is 61.6 Å². The van der Waals surface area contributed by atoms with Crippen molar-refractivity contribution in [1.29, 1.82) is 0 Å². The highest BCUT2D eigenvalue weighted by Crippen LogP contribution is 2.33. The maximum Gasteiger partial charge on any atom is 0.343 e. The second kappa shape index (κ2) is 11.5. The quantitative estimate of drug-likeness (QED) is 0.249. The van der Waals surface area contributed by atoms with Gasteiger partial charge in [-0.25, -0.2) is 9.78 Å². The molecule has 0 atom stereocenters. The zero-order valence-corrected chi connectivity index (χ0v) is 20.5. The number of nitrogens with zero attached hydrogens (tertiary/aromatic N) is 1. The lowest BCUT2D eigenvalue weighted by molar-refractivity contribution is -0.142. The Bertz CT molecular complexity index is 1190. The van der Waals surface area contributed by atoms with Crippen molar-refractivity contribution in [3.05, 3.63) is 95.4 Å². The Labute approximate surface area is 206 Å². The van der Waals surface area contributed by atoms with Gasteiger partial charge in [0.1, 0.15) is 11.4 Å². The Morgan fingerprint density at radius 3 is 2.11 bits per heavy atom. The van der Waals surface area contributed by atoms with Gasteiger partial charge in [0, 0.05) is 17.5 Å². The molecule has 180 valence electrons. The summed E-state index contributed by atoms with van der Waals surface area (Å²) in [5, 5.41) is 0. The molecule has 0 unspecified atom stereocenters. The van der Waals surface area contributed by atoms with Crippen molar-refractivity contribution in [3.63, 3.8) is 0 Å². The molecule has 1 heterocycles. The molecular weight excluding hydrogens is 438 g/mol. The zero-order chi connectivity index (χ0) is 24.6. The van der Waals surface area contributed by atoms with Crippen LogP contribution in [0.2, 0.25) is 0 Å². The highest BCUT2D eigenvalue weighted by Gasteiger charge is 2.17. The predicted octanol–water partition coefficient (Wildman–Crippen LogP) is 6.47. The summed E-state index contributed by atoms with van der Waals surface area (Å²) >= 11 is 0. The minimum absolute atomic E-state index is 0.111. The van der Waals surface area contributed by atoms with Crippen LogP contribution >= 0.6 is 0 Å². The van der Waals surface area contributed by atoms with Gasteiger partial charge >= 0.3 is 5.97 Å². The molecule has 0 aliphatic rings. The monoisotopic (exact) mass is 469 g/mol. The number of hydrogen-bond donors (Lipinski definition) is 0. The van der Waals surface area contributed by atoms with Crippen LogP contribution in [0.25, 0.3) is 22.6 Å². The molecule has 0 saturated heterocycles. The number of carbonyl (C=O) groups is 1. The summed E-state index contributed by atoms with van der Waals surface area (Å²) < 4.78 is 16.5. The Morgan fingerprint density at radius 1 is 0.829 bits per heavy atom. The molecular formula is C30H31NO4. The predicted molar refractivity (Wildman–Crippen MR) is 137 cm³/mol. The molecule has 35 heavy (non-hydrogen) atoms. The van der Waals surface area contributed by atoms with E-state index in [1.165, 1.54) is 18.2 Å². The van der Waals surface area contributed by atoms with E-state index in [4.69, 9.17) is 14.1 Å². The van der Waals surface area contributed by atoms with Crippen molar-refractivity contribution < 1.29 is 18.7 Å². The van der Waals surface area contributed by atoms with E-state index in [0.717, 1.165) is 47.4 Å². The van der Waals surface area contributed by atoms with Crippen LogP contribution in [0.1, 0.15) is 36.4 Å². The molecule has 0 saturated carbocycles. The molecule has 4 aromatic rings. The van der Waals surface area contributed by atoms with Gasteiger partial charge in [0.15, 0.2) is 18.3 Å². The van der Waals surface area contributed by atoms with Gasteiger partial charge in [-0.05, 0) is 48.1 Å². The summed E-state index contributed by atoms with van der Waals surface area (Å²) in [6.07, 6.45) is 3.37. The van der Waals surface area contributed by atoms with Gasteiger partial charge in [-0.2, -0.15) is 0 Å². The summed E-state index contributed by atoms with van der Waals surface area (Å²) in [5.41, 5.74) is 6.59. The maximum atomic E-state index is 11.4. The molecule has 0 fully saturated rings. The van der Waals surface area contributed by atoms with Crippen LogP contribution in [-0.2, 0) is 35.2 Å². The van der Waals surface area contributed by atoms with Gasteiger partial charge in [0.2, 0.25) is 0 Å². The smallest absolute Gasteiger partial charge is 0.343 e. The van der Waals surface area contributed by atoms with Crippen LogP contribution < -0.4 is 4.74 Å². The van der Waals surface area contributed by atoms with Crippen LogP contribution in [0.5, 0.6) is 5.75 Å². The Kier molecular flexibility index (Phi) is 7.99. The van der Waals surface area contributed by atoms with Gasteiger partial charge in [0.05, 0.1) is 7.11 Å². The third-order valence-electron chi connectivity index (χ3n) is 6.04. The van der Waals surface area contributed by atoms with Crippen molar-refractivity contribution in [2.75, 3.05) is 13.7 Å². The van der Waals surface area contributed by atoms with Gasteiger partial charge in [-0.15, -0.1) is 0 Å². The van der Waals surface area contributed by atoms with E-state index < -0.39 is 5.97 Å². The molecule has 0 bridgehead atoms. The Hall–Kier alpha value is -3.86. The summed E-state index contributed by atoms with van der Waals surface area (Å²) in [6, 6.07) is 24.7. The molecule has 0 aliphatic heterocycles. The lowest BCUT2D eigenvalue weighted by Gasteiger charge is -2.06. The maximum absolute atomic E-state index is 11.4. The molecule has 0 spiro atoms. The van der Waals surface area contributed by atoms with Crippen LogP contribution in [0.3, 0.4) is 0 Å². The van der Waals surface area contributed by atoms with Crippen molar-refractivity contribution in [2.45, 2.75) is 39.5 Å². The fraction of sp³-hybridized carbons (Fsp3) is 0.267. The number of methoxy groups -OCH3 is 1. The molecule has 1 aromatic heterocycles. The van der Waals surface area contributed by atoms with Gasteiger partial charge < -0.3 is 13.9 Å². The molecule has 5 nitrogen and oxygen atoms in total. The van der Waals surface area contributed by atoms with Gasteiger partial charge in [-0.1, -0.05) is 74.5 Å². The molecule has 0 amide bonds. The van der Waals surface area contributed by atoms with E-state index in [9.17, 15) is 4.79 Å². The van der Waals surface area contributed by atoms with E-state index in [1.54, 1.807) is 0 Å². The number of rotatable bonds is 10. The van der Waals surface area contributed by atoms with E-state index in [-0.39, 0.29) is 6.61 Å². The Morgan fingerprint density at radius 2 is 1.49 bits per heavy atom. The molecule has 4 rings (SSSR count). The molecule has 5 heteroatoms. The van der Waals surface area contributed by atoms with Crippen molar-refractivity contribution in [2.24, 2.45) is 0 Å². The van der Waals surface area contributed by atoms with E-state index in [1.807, 2.05) is 24.3 Å². The first-order chi connectivity index (χ1) is 17.1. The largest absolute Gasteiger partial charge is 0.482 e. The number of ether oxygens (including phenoxy) is 2. The number of esters is 1. The fourth-order valence-electron chi connectivity index (χ4n) is 3.90. The average Bonchev–Trinajstić information content (AvgIpc) is 3.35. The van der Waals surface area contributed by atoms with E-state index >= 15 is 0 Å². The van der Waals surface area contributed by atoms with Crippen molar-refractivity contribution in [1.82, 2.24) is 4.98 Å². The number of hydrogen-bond acceptors (Lipinski definition) is 5. The van der Waals surface area contributed by atoms with E-state index in [2.05, 4.69) is 67.1 Å². The van der Waals surface area contributed by atoms with Crippen molar-refractivity contribution in [3.8, 4) is 28.3 Å². The lowest BCUT2D eigenvalue weighted by Crippen LogP contribution is -2.12. The lowest BCUT2D eigenvalue weighted by atomic mass is 10.0. The second-order valence-electron chi connectivity index (χ2n) is 8.40. The summed E-state index contributed by atoms with van der Waals surface area (Å²) in [6.45, 7) is 4.19. The highest BCUT2D eigenvalue weighted by atomic mass is 16.6. The van der Waals surface area contributed by atoms with E-state index in [0.29, 0.717) is 18.1 Å². The van der Waals surface area contributed by atoms with Crippen LogP contribution in [0, 0.1) is 0 Å². The minimum Gasteiger partial charge on any atom is -0.482 e. The number of oxazole rings is 1. The number of carbonyl (C=O) groups excluding carboxylic acids is 1. The third kappa shape index (κ3) is 6.18. The fourth-order valence-corrected chi connectivity index (χ4v) is 3.90. The number of benzene rings is 3. The average molecular weight is 470 g/mol. The summed E-state index contributed by atoms with van der Waals surface area (Å²) in [4.78, 5) is 16.3. The standard InChI is InChI=1S/C30H31NO4/c1-4-21-9-14-24(15-10-21)29-30(25-16-11-22(5-2)12-17-25)35-27(31-29)18-13-23-7-6-8-26(19-23)34-20-28(32)33-3/h6-12,14-17,19H,4-5,13,18,20H2,1-3H3. The normalized spacial score (nSPS) is 10.8. The first-order valence-electron chi connectivity index (χ1n) is 12.1. The molecule has 0 radical (unpaired) electrons. The molecule has 0 N–H and O–H groups in total. The Balaban J connectivity index is 1.57. The van der Waals surface area contributed by atoms with Crippen LogP contribution in [0.15, 0.2) is 77.2 Å². The number of aromatic nitrogens is 1.